The summed E-state index contributed by atoms with van der Waals surface area (Å²) in [6.45, 7) is 5.36. The molecule has 0 radical (unpaired) electrons. The first-order chi connectivity index (χ1) is 10.2. The largest absolute Gasteiger partial charge is 0.345 e. The van der Waals surface area contributed by atoms with Gasteiger partial charge < -0.3 is 9.80 Å². The van der Waals surface area contributed by atoms with E-state index < -0.39 is 0 Å². The summed E-state index contributed by atoms with van der Waals surface area (Å²) in [6.07, 6.45) is 2.33. The molecule has 1 saturated heterocycles. The van der Waals surface area contributed by atoms with Gasteiger partial charge in [-0.15, -0.1) is 11.3 Å². The normalized spacial score (nSPS) is 15.3. The Balaban J connectivity index is 1.54. The molecule has 0 unspecified atom stereocenters. The van der Waals surface area contributed by atoms with Gasteiger partial charge in [0.05, 0.1) is 6.42 Å². The highest BCUT2D eigenvalue weighted by atomic mass is 32.1. The minimum absolute atomic E-state index is 0.220. The van der Waals surface area contributed by atoms with Gasteiger partial charge in [0, 0.05) is 37.8 Å². The number of piperazine rings is 1. The molecule has 5 heteroatoms. The Morgan fingerprint density at radius 3 is 2.52 bits per heavy atom. The molecule has 1 aromatic heterocycles. The lowest BCUT2D eigenvalue weighted by molar-refractivity contribution is -0.130. The predicted octanol–water partition coefficient (Wildman–Crippen LogP) is 2.34. The highest BCUT2D eigenvalue weighted by Gasteiger charge is 2.22. The summed E-state index contributed by atoms with van der Waals surface area (Å²) in [7, 11) is 0. The molecule has 0 spiro atoms. The van der Waals surface area contributed by atoms with Crippen molar-refractivity contribution in [1.29, 1.82) is 0 Å². The fraction of sp³-hybridized carbons (Fsp3) is 0.375. The molecule has 1 amide bonds. The van der Waals surface area contributed by atoms with E-state index in [9.17, 15) is 4.79 Å². The number of rotatable bonds is 3. The molecule has 21 heavy (non-hydrogen) atoms. The third-order valence-electron chi connectivity index (χ3n) is 3.80. The summed E-state index contributed by atoms with van der Waals surface area (Å²) in [5, 5.41) is 3.05. The molecule has 0 atom stereocenters. The summed E-state index contributed by atoms with van der Waals surface area (Å²) >= 11 is 1.65. The van der Waals surface area contributed by atoms with Crippen LogP contribution < -0.4 is 4.90 Å². The van der Waals surface area contributed by atoms with Crippen LogP contribution in [0.1, 0.15) is 11.1 Å². The van der Waals surface area contributed by atoms with Crippen LogP contribution in [-0.4, -0.2) is 42.0 Å². The number of amides is 1. The molecular weight excluding hydrogens is 282 g/mol. The number of aryl methyl sites for hydroxylation is 1. The van der Waals surface area contributed by atoms with Crippen molar-refractivity contribution in [3.63, 3.8) is 0 Å². The highest BCUT2D eigenvalue weighted by molar-refractivity contribution is 7.13. The number of aromatic nitrogens is 1. The van der Waals surface area contributed by atoms with Crippen LogP contribution in [0.4, 0.5) is 5.13 Å². The molecule has 1 aliphatic rings. The van der Waals surface area contributed by atoms with E-state index in [1.165, 1.54) is 5.56 Å². The van der Waals surface area contributed by atoms with E-state index in [1.807, 2.05) is 28.6 Å². The number of benzene rings is 1. The molecule has 1 aliphatic heterocycles. The van der Waals surface area contributed by atoms with E-state index in [2.05, 4.69) is 28.9 Å². The summed E-state index contributed by atoms with van der Waals surface area (Å²) in [6, 6.07) is 8.20. The number of carbonyl (C=O) groups is 1. The van der Waals surface area contributed by atoms with Crippen molar-refractivity contribution in [1.82, 2.24) is 9.88 Å². The Bertz CT molecular complexity index is 586. The van der Waals surface area contributed by atoms with Crippen molar-refractivity contribution in [2.45, 2.75) is 13.3 Å². The topological polar surface area (TPSA) is 36.4 Å². The number of hydrogen-bond donors (Lipinski definition) is 0. The van der Waals surface area contributed by atoms with Gasteiger partial charge in [0.2, 0.25) is 5.91 Å². The monoisotopic (exact) mass is 301 g/mol. The SMILES string of the molecule is Cc1ccc(CC(=O)N2CCN(c3nccs3)CC2)cc1. The van der Waals surface area contributed by atoms with E-state index in [0.29, 0.717) is 6.42 Å². The van der Waals surface area contributed by atoms with Crippen molar-refractivity contribution in [3.8, 4) is 0 Å². The number of hydrogen-bond acceptors (Lipinski definition) is 4. The Morgan fingerprint density at radius 1 is 1.19 bits per heavy atom. The van der Waals surface area contributed by atoms with Crippen LogP contribution in [0, 0.1) is 6.92 Å². The predicted molar refractivity (Wildman–Crippen MR) is 85.8 cm³/mol. The van der Waals surface area contributed by atoms with Crippen LogP contribution in [0.5, 0.6) is 0 Å². The third kappa shape index (κ3) is 3.42. The maximum atomic E-state index is 12.3. The second kappa shape index (κ2) is 6.26. The smallest absolute Gasteiger partial charge is 0.227 e. The number of thiazole rings is 1. The summed E-state index contributed by atoms with van der Waals surface area (Å²) in [4.78, 5) is 20.9. The van der Waals surface area contributed by atoms with Crippen molar-refractivity contribution < 1.29 is 4.79 Å². The Kier molecular flexibility index (Phi) is 4.20. The molecule has 0 N–H and O–H groups in total. The van der Waals surface area contributed by atoms with Crippen molar-refractivity contribution in [2.75, 3.05) is 31.1 Å². The molecule has 1 fully saturated rings. The Labute approximate surface area is 129 Å². The summed E-state index contributed by atoms with van der Waals surface area (Å²) in [5.41, 5.74) is 2.32. The van der Waals surface area contributed by atoms with E-state index >= 15 is 0 Å². The van der Waals surface area contributed by atoms with E-state index in [-0.39, 0.29) is 5.91 Å². The molecular formula is C16H19N3OS. The fourth-order valence-electron chi connectivity index (χ4n) is 2.51. The number of anilines is 1. The van der Waals surface area contributed by atoms with Crippen LogP contribution in [0.3, 0.4) is 0 Å². The highest BCUT2D eigenvalue weighted by Crippen LogP contribution is 2.19. The average Bonchev–Trinajstić information content (AvgIpc) is 3.04. The third-order valence-corrected chi connectivity index (χ3v) is 4.63. The zero-order valence-corrected chi connectivity index (χ0v) is 13.0. The lowest BCUT2D eigenvalue weighted by Crippen LogP contribution is -2.49. The molecule has 110 valence electrons. The van der Waals surface area contributed by atoms with Crippen molar-refractivity contribution in [2.24, 2.45) is 0 Å². The van der Waals surface area contributed by atoms with Gasteiger partial charge in [0.1, 0.15) is 0 Å². The first-order valence-electron chi connectivity index (χ1n) is 7.20. The minimum Gasteiger partial charge on any atom is -0.345 e. The van der Waals surface area contributed by atoms with Crippen molar-refractivity contribution in [3.05, 3.63) is 47.0 Å². The van der Waals surface area contributed by atoms with Gasteiger partial charge in [-0.25, -0.2) is 4.98 Å². The molecule has 1 aromatic carbocycles. The Hall–Kier alpha value is -1.88. The van der Waals surface area contributed by atoms with Crippen LogP contribution in [-0.2, 0) is 11.2 Å². The second-order valence-corrected chi connectivity index (χ2v) is 6.22. The molecule has 3 rings (SSSR count). The Morgan fingerprint density at radius 2 is 1.90 bits per heavy atom. The quantitative estimate of drug-likeness (QED) is 0.873. The van der Waals surface area contributed by atoms with Crippen LogP contribution in [0.25, 0.3) is 0 Å². The fourth-order valence-corrected chi connectivity index (χ4v) is 3.21. The van der Waals surface area contributed by atoms with Gasteiger partial charge >= 0.3 is 0 Å². The van der Waals surface area contributed by atoms with Gasteiger partial charge in [-0.2, -0.15) is 0 Å². The van der Waals surface area contributed by atoms with Crippen molar-refractivity contribution >= 4 is 22.4 Å². The lowest BCUT2D eigenvalue weighted by atomic mass is 10.1. The minimum atomic E-state index is 0.220. The molecule has 0 bridgehead atoms. The van der Waals surface area contributed by atoms with Gasteiger partial charge in [-0.1, -0.05) is 29.8 Å². The summed E-state index contributed by atoms with van der Waals surface area (Å²) < 4.78 is 0. The molecule has 2 aromatic rings. The second-order valence-electron chi connectivity index (χ2n) is 5.34. The van der Waals surface area contributed by atoms with E-state index in [1.54, 1.807) is 11.3 Å². The van der Waals surface area contributed by atoms with Gasteiger partial charge in [-0.05, 0) is 12.5 Å². The van der Waals surface area contributed by atoms with Gasteiger partial charge in [-0.3, -0.25) is 4.79 Å². The first-order valence-corrected chi connectivity index (χ1v) is 8.08. The maximum Gasteiger partial charge on any atom is 0.227 e. The molecule has 2 heterocycles. The number of nitrogens with zero attached hydrogens (tertiary/aromatic N) is 3. The zero-order chi connectivity index (χ0) is 14.7. The van der Waals surface area contributed by atoms with Crippen LogP contribution >= 0.6 is 11.3 Å². The van der Waals surface area contributed by atoms with E-state index in [4.69, 9.17) is 0 Å². The van der Waals surface area contributed by atoms with Gasteiger partial charge in [0.15, 0.2) is 5.13 Å². The molecule has 0 aliphatic carbocycles. The first kappa shape index (κ1) is 14.1. The van der Waals surface area contributed by atoms with E-state index in [0.717, 1.165) is 36.9 Å². The standard InChI is InChI=1S/C16H19N3OS/c1-13-2-4-14(5-3-13)12-15(20)18-7-9-19(10-8-18)16-17-6-11-21-16/h2-6,11H,7-10,12H2,1H3. The molecule has 4 nitrogen and oxygen atoms in total. The maximum absolute atomic E-state index is 12.3. The van der Waals surface area contributed by atoms with Crippen LogP contribution in [0.2, 0.25) is 0 Å². The van der Waals surface area contributed by atoms with Gasteiger partial charge in [0.25, 0.3) is 0 Å². The molecule has 0 saturated carbocycles. The lowest BCUT2D eigenvalue weighted by Gasteiger charge is -2.34. The van der Waals surface area contributed by atoms with Crippen LogP contribution in [0.15, 0.2) is 35.8 Å². The number of carbonyl (C=O) groups excluding carboxylic acids is 1. The summed E-state index contributed by atoms with van der Waals surface area (Å²) in [5.74, 6) is 0.220. The average molecular weight is 301 g/mol. The zero-order valence-electron chi connectivity index (χ0n) is 12.2.